The molecular formula is C16H15NO5. The van der Waals surface area contributed by atoms with E-state index in [-0.39, 0.29) is 17.9 Å². The molecule has 0 heterocycles. The number of benzene rings is 2. The molecule has 0 aliphatic rings. The SMILES string of the molecule is CCOC(=O)c1ccc(-c2ccc(OC)cc2)c([N+](=O)[O-])c1. The van der Waals surface area contributed by atoms with Crippen molar-refractivity contribution in [3.63, 3.8) is 0 Å². The van der Waals surface area contributed by atoms with Crippen molar-refractivity contribution >= 4 is 11.7 Å². The average molecular weight is 301 g/mol. The van der Waals surface area contributed by atoms with E-state index in [4.69, 9.17) is 9.47 Å². The van der Waals surface area contributed by atoms with Gasteiger partial charge in [0.1, 0.15) is 5.75 Å². The van der Waals surface area contributed by atoms with E-state index in [2.05, 4.69) is 0 Å². The third-order valence-corrected chi connectivity index (χ3v) is 3.11. The van der Waals surface area contributed by atoms with Crippen LogP contribution in [0.4, 0.5) is 5.69 Å². The molecule has 0 spiro atoms. The Hall–Kier alpha value is -2.89. The number of esters is 1. The number of carbonyl (C=O) groups is 1. The van der Waals surface area contributed by atoms with Gasteiger partial charge in [0.2, 0.25) is 0 Å². The molecular weight excluding hydrogens is 286 g/mol. The van der Waals surface area contributed by atoms with Gasteiger partial charge in [-0.3, -0.25) is 10.1 Å². The summed E-state index contributed by atoms with van der Waals surface area (Å²) in [5.74, 6) is 0.0847. The Morgan fingerprint density at radius 3 is 2.41 bits per heavy atom. The van der Waals surface area contributed by atoms with Crippen LogP contribution in [0.2, 0.25) is 0 Å². The van der Waals surface area contributed by atoms with Gasteiger partial charge in [0.05, 0.1) is 29.8 Å². The molecule has 0 radical (unpaired) electrons. The van der Waals surface area contributed by atoms with Crippen molar-refractivity contribution in [2.24, 2.45) is 0 Å². The third-order valence-electron chi connectivity index (χ3n) is 3.11. The second-order valence-electron chi connectivity index (χ2n) is 4.44. The fourth-order valence-corrected chi connectivity index (χ4v) is 2.04. The third kappa shape index (κ3) is 3.22. The minimum Gasteiger partial charge on any atom is -0.497 e. The van der Waals surface area contributed by atoms with Gasteiger partial charge in [-0.05, 0) is 36.8 Å². The van der Waals surface area contributed by atoms with Gasteiger partial charge in [0.25, 0.3) is 5.69 Å². The summed E-state index contributed by atoms with van der Waals surface area (Å²) in [7, 11) is 1.55. The second-order valence-corrected chi connectivity index (χ2v) is 4.44. The van der Waals surface area contributed by atoms with E-state index in [1.807, 2.05) is 0 Å². The van der Waals surface area contributed by atoms with E-state index in [1.165, 1.54) is 12.1 Å². The molecule has 0 atom stereocenters. The van der Waals surface area contributed by atoms with Gasteiger partial charge in [-0.2, -0.15) is 0 Å². The Morgan fingerprint density at radius 1 is 1.18 bits per heavy atom. The van der Waals surface area contributed by atoms with Gasteiger partial charge in [0, 0.05) is 6.07 Å². The normalized spacial score (nSPS) is 10.1. The topological polar surface area (TPSA) is 78.7 Å². The minimum absolute atomic E-state index is 0.143. The maximum atomic E-state index is 11.7. The van der Waals surface area contributed by atoms with Crippen molar-refractivity contribution in [2.45, 2.75) is 6.92 Å². The predicted molar refractivity (Wildman–Crippen MR) is 81.0 cm³/mol. The summed E-state index contributed by atoms with van der Waals surface area (Å²) >= 11 is 0. The van der Waals surface area contributed by atoms with Gasteiger partial charge >= 0.3 is 5.97 Å². The quantitative estimate of drug-likeness (QED) is 0.480. The summed E-state index contributed by atoms with van der Waals surface area (Å²) in [6.07, 6.45) is 0. The van der Waals surface area contributed by atoms with Crippen molar-refractivity contribution in [1.82, 2.24) is 0 Å². The molecule has 0 aromatic heterocycles. The van der Waals surface area contributed by atoms with Crippen LogP contribution in [-0.4, -0.2) is 24.6 Å². The first-order valence-electron chi connectivity index (χ1n) is 6.66. The number of carbonyl (C=O) groups excluding carboxylic acids is 1. The molecule has 6 heteroatoms. The first kappa shape index (κ1) is 15.5. The number of hydrogen-bond acceptors (Lipinski definition) is 5. The Morgan fingerprint density at radius 2 is 1.86 bits per heavy atom. The number of methoxy groups -OCH3 is 1. The Bertz CT molecular complexity index is 694. The van der Waals surface area contributed by atoms with Crippen LogP contribution in [0.3, 0.4) is 0 Å². The molecule has 2 aromatic carbocycles. The molecule has 0 aliphatic heterocycles. The molecule has 114 valence electrons. The lowest BCUT2D eigenvalue weighted by Crippen LogP contribution is -2.05. The molecule has 0 bridgehead atoms. The molecule has 2 rings (SSSR count). The molecule has 0 unspecified atom stereocenters. The fraction of sp³-hybridized carbons (Fsp3) is 0.188. The standard InChI is InChI=1S/C16H15NO5/c1-3-22-16(18)12-6-9-14(15(10-12)17(19)20)11-4-7-13(21-2)8-5-11/h4-10H,3H2,1-2H3. The van der Waals surface area contributed by atoms with Crippen molar-refractivity contribution < 1.29 is 19.2 Å². The molecule has 0 saturated heterocycles. The molecule has 22 heavy (non-hydrogen) atoms. The zero-order valence-electron chi connectivity index (χ0n) is 12.2. The van der Waals surface area contributed by atoms with E-state index in [9.17, 15) is 14.9 Å². The van der Waals surface area contributed by atoms with Gasteiger partial charge in [0.15, 0.2) is 0 Å². The van der Waals surface area contributed by atoms with Crippen molar-refractivity contribution in [2.75, 3.05) is 13.7 Å². The number of nitrogens with zero attached hydrogens (tertiary/aromatic N) is 1. The number of ether oxygens (including phenoxy) is 2. The summed E-state index contributed by atoms with van der Waals surface area (Å²) in [4.78, 5) is 22.5. The maximum Gasteiger partial charge on any atom is 0.338 e. The summed E-state index contributed by atoms with van der Waals surface area (Å²) in [6.45, 7) is 1.89. The highest BCUT2D eigenvalue weighted by atomic mass is 16.6. The van der Waals surface area contributed by atoms with Crippen molar-refractivity contribution in [3.8, 4) is 16.9 Å². The second kappa shape index (κ2) is 6.71. The van der Waals surface area contributed by atoms with Gasteiger partial charge in [-0.25, -0.2) is 4.79 Å². The Labute approximate surface area is 127 Å². The first-order valence-corrected chi connectivity index (χ1v) is 6.66. The van der Waals surface area contributed by atoms with E-state index < -0.39 is 10.9 Å². The van der Waals surface area contributed by atoms with Crippen LogP contribution in [-0.2, 0) is 4.74 Å². The smallest absolute Gasteiger partial charge is 0.338 e. The fourth-order valence-electron chi connectivity index (χ4n) is 2.04. The number of nitro groups is 1. The van der Waals surface area contributed by atoms with Crippen LogP contribution in [0.1, 0.15) is 17.3 Å². The lowest BCUT2D eigenvalue weighted by molar-refractivity contribution is -0.384. The molecule has 0 saturated carbocycles. The van der Waals surface area contributed by atoms with E-state index in [1.54, 1.807) is 44.4 Å². The van der Waals surface area contributed by atoms with Crippen LogP contribution in [0, 0.1) is 10.1 Å². The van der Waals surface area contributed by atoms with Gasteiger partial charge in [-0.1, -0.05) is 12.1 Å². The monoisotopic (exact) mass is 301 g/mol. The van der Waals surface area contributed by atoms with Crippen LogP contribution in [0.5, 0.6) is 5.75 Å². The van der Waals surface area contributed by atoms with Gasteiger partial charge < -0.3 is 9.47 Å². The highest BCUT2D eigenvalue weighted by Crippen LogP contribution is 2.32. The Kier molecular flexibility index (Phi) is 4.73. The molecule has 0 fully saturated rings. The zero-order chi connectivity index (χ0) is 16.1. The average Bonchev–Trinajstić information content (AvgIpc) is 2.54. The minimum atomic E-state index is -0.577. The lowest BCUT2D eigenvalue weighted by Gasteiger charge is -2.07. The first-order chi connectivity index (χ1) is 10.6. The highest BCUT2D eigenvalue weighted by molar-refractivity contribution is 5.92. The summed E-state index contributed by atoms with van der Waals surface area (Å²) in [6, 6.07) is 11.2. The summed E-state index contributed by atoms with van der Waals surface area (Å²) in [5.41, 5.74) is 1.12. The van der Waals surface area contributed by atoms with Crippen molar-refractivity contribution in [3.05, 3.63) is 58.1 Å². The molecule has 0 amide bonds. The zero-order valence-corrected chi connectivity index (χ0v) is 12.2. The molecule has 0 N–H and O–H groups in total. The molecule has 6 nitrogen and oxygen atoms in total. The van der Waals surface area contributed by atoms with Gasteiger partial charge in [-0.15, -0.1) is 0 Å². The number of rotatable bonds is 5. The van der Waals surface area contributed by atoms with Crippen LogP contribution in [0.15, 0.2) is 42.5 Å². The molecule has 0 aliphatic carbocycles. The predicted octanol–water partition coefficient (Wildman–Crippen LogP) is 3.45. The van der Waals surface area contributed by atoms with Crippen molar-refractivity contribution in [1.29, 1.82) is 0 Å². The summed E-state index contributed by atoms with van der Waals surface area (Å²) in [5, 5.41) is 11.3. The maximum absolute atomic E-state index is 11.7. The van der Waals surface area contributed by atoms with E-state index in [0.717, 1.165) is 0 Å². The van der Waals surface area contributed by atoms with Crippen LogP contribution >= 0.6 is 0 Å². The summed E-state index contributed by atoms with van der Waals surface area (Å²) < 4.78 is 9.93. The van der Waals surface area contributed by atoms with E-state index >= 15 is 0 Å². The molecule has 2 aromatic rings. The van der Waals surface area contributed by atoms with Crippen LogP contribution < -0.4 is 4.74 Å². The van der Waals surface area contributed by atoms with Crippen LogP contribution in [0.25, 0.3) is 11.1 Å². The largest absolute Gasteiger partial charge is 0.497 e. The number of nitro benzene ring substituents is 1. The Balaban J connectivity index is 2.46. The highest BCUT2D eigenvalue weighted by Gasteiger charge is 2.19. The lowest BCUT2D eigenvalue weighted by atomic mass is 10.0. The van der Waals surface area contributed by atoms with E-state index in [0.29, 0.717) is 16.9 Å². The number of hydrogen-bond donors (Lipinski definition) is 0.